The van der Waals surface area contributed by atoms with Crippen molar-refractivity contribution in [3.63, 3.8) is 0 Å². The van der Waals surface area contributed by atoms with Crippen LogP contribution in [0.2, 0.25) is 0 Å². The number of benzene rings is 2. The molecule has 0 radical (unpaired) electrons. The zero-order valence-corrected chi connectivity index (χ0v) is 14.5. The van der Waals surface area contributed by atoms with Gasteiger partial charge in [-0.15, -0.1) is 0 Å². The number of ether oxygens (including phenoxy) is 3. The van der Waals surface area contributed by atoms with E-state index < -0.39 is 0 Å². The zero-order chi connectivity index (χ0) is 17.5. The summed E-state index contributed by atoms with van der Waals surface area (Å²) in [4.78, 5) is 11.4. The molecule has 0 saturated carbocycles. The summed E-state index contributed by atoms with van der Waals surface area (Å²) in [6.45, 7) is 2.78. The lowest BCUT2D eigenvalue weighted by molar-refractivity contribution is 0.0600. The predicted molar refractivity (Wildman–Crippen MR) is 92.6 cm³/mol. The lowest BCUT2D eigenvalue weighted by Crippen LogP contribution is -2.18. The van der Waals surface area contributed by atoms with Gasteiger partial charge in [0.25, 0.3) is 0 Å². The van der Waals surface area contributed by atoms with E-state index in [0.29, 0.717) is 23.6 Å². The first-order valence-electron chi connectivity index (χ1n) is 7.71. The van der Waals surface area contributed by atoms with E-state index in [-0.39, 0.29) is 12.0 Å². The SMILES string of the molecule is COC(=O)c1ccc(CNC(C)c2ccc(OC)c(OC)c2)cc1. The number of esters is 1. The third-order valence-electron chi connectivity index (χ3n) is 3.90. The van der Waals surface area contributed by atoms with Gasteiger partial charge in [-0.1, -0.05) is 18.2 Å². The van der Waals surface area contributed by atoms with Gasteiger partial charge in [-0.2, -0.15) is 0 Å². The van der Waals surface area contributed by atoms with Crippen molar-refractivity contribution in [1.29, 1.82) is 0 Å². The van der Waals surface area contributed by atoms with Crippen molar-refractivity contribution in [2.45, 2.75) is 19.5 Å². The fourth-order valence-electron chi connectivity index (χ4n) is 2.39. The van der Waals surface area contributed by atoms with Crippen molar-refractivity contribution in [1.82, 2.24) is 5.32 Å². The molecule has 0 bridgehead atoms. The molecule has 0 fully saturated rings. The fourth-order valence-corrected chi connectivity index (χ4v) is 2.39. The second kappa shape index (κ2) is 8.36. The van der Waals surface area contributed by atoms with E-state index in [1.165, 1.54) is 7.11 Å². The molecular weight excluding hydrogens is 306 g/mol. The van der Waals surface area contributed by atoms with E-state index in [1.807, 2.05) is 30.3 Å². The Morgan fingerprint density at radius 3 is 2.25 bits per heavy atom. The van der Waals surface area contributed by atoms with Gasteiger partial charge in [0.15, 0.2) is 11.5 Å². The quantitative estimate of drug-likeness (QED) is 0.790. The lowest BCUT2D eigenvalue weighted by atomic mass is 10.1. The largest absolute Gasteiger partial charge is 0.493 e. The zero-order valence-electron chi connectivity index (χ0n) is 14.5. The van der Waals surface area contributed by atoms with Crippen molar-refractivity contribution in [3.8, 4) is 11.5 Å². The molecule has 24 heavy (non-hydrogen) atoms. The van der Waals surface area contributed by atoms with Crippen LogP contribution in [0.5, 0.6) is 11.5 Å². The van der Waals surface area contributed by atoms with Crippen molar-refractivity contribution >= 4 is 5.97 Å². The molecule has 0 aliphatic carbocycles. The molecule has 1 atom stereocenters. The summed E-state index contributed by atoms with van der Waals surface area (Å²) in [5, 5.41) is 3.45. The second-order valence-electron chi connectivity index (χ2n) is 5.41. The molecule has 0 saturated heterocycles. The molecule has 2 aromatic carbocycles. The smallest absolute Gasteiger partial charge is 0.337 e. The van der Waals surface area contributed by atoms with Crippen LogP contribution in [0.15, 0.2) is 42.5 Å². The van der Waals surface area contributed by atoms with Crippen LogP contribution < -0.4 is 14.8 Å². The van der Waals surface area contributed by atoms with Gasteiger partial charge < -0.3 is 19.5 Å². The number of carbonyl (C=O) groups is 1. The minimum atomic E-state index is -0.326. The highest BCUT2D eigenvalue weighted by molar-refractivity contribution is 5.89. The van der Waals surface area contributed by atoms with Crippen molar-refractivity contribution < 1.29 is 19.0 Å². The molecule has 0 aliphatic rings. The normalized spacial score (nSPS) is 11.7. The Balaban J connectivity index is 2.00. The number of methoxy groups -OCH3 is 3. The predicted octanol–water partition coefficient (Wildman–Crippen LogP) is 3.34. The van der Waals surface area contributed by atoms with Crippen LogP contribution in [0, 0.1) is 0 Å². The third kappa shape index (κ3) is 4.26. The average molecular weight is 329 g/mol. The molecular formula is C19H23NO4. The molecule has 0 aromatic heterocycles. The molecule has 0 heterocycles. The molecule has 0 aliphatic heterocycles. The Morgan fingerprint density at radius 1 is 1.00 bits per heavy atom. The maximum atomic E-state index is 11.4. The molecule has 5 nitrogen and oxygen atoms in total. The van der Waals surface area contributed by atoms with Gasteiger partial charge in [0.2, 0.25) is 0 Å². The number of carbonyl (C=O) groups excluding carboxylic acids is 1. The van der Waals surface area contributed by atoms with Crippen LogP contribution >= 0.6 is 0 Å². The first kappa shape index (κ1) is 17.8. The van der Waals surface area contributed by atoms with Gasteiger partial charge in [0, 0.05) is 12.6 Å². The number of nitrogens with one attached hydrogen (secondary N) is 1. The summed E-state index contributed by atoms with van der Waals surface area (Å²) < 4.78 is 15.3. The number of hydrogen-bond acceptors (Lipinski definition) is 5. The molecule has 1 unspecified atom stereocenters. The van der Waals surface area contributed by atoms with Crippen LogP contribution in [0.4, 0.5) is 0 Å². The Kier molecular flexibility index (Phi) is 6.21. The first-order chi connectivity index (χ1) is 11.6. The van der Waals surface area contributed by atoms with Crippen LogP contribution in [0.1, 0.15) is 34.5 Å². The van der Waals surface area contributed by atoms with Gasteiger partial charge in [-0.3, -0.25) is 0 Å². The average Bonchev–Trinajstić information content (AvgIpc) is 2.65. The topological polar surface area (TPSA) is 56.8 Å². The summed E-state index contributed by atoms with van der Waals surface area (Å²) in [6.07, 6.45) is 0. The highest BCUT2D eigenvalue weighted by atomic mass is 16.5. The van der Waals surface area contributed by atoms with Crippen molar-refractivity contribution in [2.24, 2.45) is 0 Å². The molecule has 2 rings (SSSR count). The molecule has 5 heteroatoms. The van der Waals surface area contributed by atoms with Crippen LogP contribution in [0.3, 0.4) is 0 Å². The van der Waals surface area contributed by atoms with Gasteiger partial charge >= 0.3 is 5.97 Å². The monoisotopic (exact) mass is 329 g/mol. The minimum absolute atomic E-state index is 0.144. The van der Waals surface area contributed by atoms with Crippen LogP contribution in [-0.4, -0.2) is 27.3 Å². The van der Waals surface area contributed by atoms with Crippen molar-refractivity contribution in [2.75, 3.05) is 21.3 Å². The number of rotatable bonds is 7. The lowest BCUT2D eigenvalue weighted by Gasteiger charge is -2.16. The summed E-state index contributed by atoms with van der Waals surface area (Å²) in [6, 6.07) is 13.4. The van der Waals surface area contributed by atoms with Crippen LogP contribution in [-0.2, 0) is 11.3 Å². The Bertz CT molecular complexity index is 682. The van der Waals surface area contributed by atoms with Gasteiger partial charge in [0.05, 0.1) is 26.9 Å². The van der Waals surface area contributed by atoms with Gasteiger partial charge in [0.1, 0.15) is 0 Å². The van der Waals surface area contributed by atoms with E-state index in [4.69, 9.17) is 14.2 Å². The summed E-state index contributed by atoms with van der Waals surface area (Å²) in [5.41, 5.74) is 2.75. The van der Waals surface area contributed by atoms with Gasteiger partial charge in [-0.05, 0) is 42.3 Å². The molecule has 1 N–H and O–H groups in total. The minimum Gasteiger partial charge on any atom is -0.493 e. The van der Waals surface area contributed by atoms with E-state index in [0.717, 1.165) is 11.1 Å². The maximum absolute atomic E-state index is 11.4. The van der Waals surface area contributed by atoms with Crippen LogP contribution in [0.25, 0.3) is 0 Å². The Morgan fingerprint density at radius 2 is 1.67 bits per heavy atom. The summed E-state index contributed by atoms with van der Waals surface area (Å²) >= 11 is 0. The Hall–Kier alpha value is -2.53. The molecule has 2 aromatic rings. The van der Waals surface area contributed by atoms with E-state index >= 15 is 0 Å². The van der Waals surface area contributed by atoms with Crippen molar-refractivity contribution in [3.05, 3.63) is 59.2 Å². The highest BCUT2D eigenvalue weighted by Gasteiger charge is 2.10. The van der Waals surface area contributed by atoms with Gasteiger partial charge in [-0.25, -0.2) is 4.79 Å². The molecule has 0 amide bonds. The third-order valence-corrected chi connectivity index (χ3v) is 3.90. The Labute approximate surface area is 142 Å². The van der Waals surface area contributed by atoms with E-state index in [9.17, 15) is 4.79 Å². The highest BCUT2D eigenvalue weighted by Crippen LogP contribution is 2.29. The summed E-state index contributed by atoms with van der Waals surface area (Å²) in [7, 11) is 4.63. The van der Waals surface area contributed by atoms with E-state index in [1.54, 1.807) is 26.4 Å². The second-order valence-corrected chi connectivity index (χ2v) is 5.41. The standard InChI is InChI=1S/C19H23NO4/c1-13(16-9-10-17(22-2)18(11-16)23-3)20-12-14-5-7-15(8-6-14)19(21)24-4/h5-11,13,20H,12H2,1-4H3. The maximum Gasteiger partial charge on any atom is 0.337 e. The fraction of sp³-hybridized carbons (Fsp3) is 0.316. The molecule has 128 valence electrons. The summed E-state index contributed by atoms with van der Waals surface area (Å²) in [5.74, 6) is 1.10. The molecule has 0 spiro atoms. The first-order valence-corrected chi connectivity index (χ1v) is 7.71. The number of hydrogen-bond donors (Lipinski definition) is 1. The van der Waals surface area contributed by atoms with E-state index in [2.05, 4.69) is 12.2 Å².